The van der Waals surface area contributed by atoms with Gasteiger partial charge in [0.2, 0.25) is 0 Å². The van der Waals surface area contributed by atoms with Gasteiger partial charge in [-0.2, -0.15) is 0 Å². The first-order chi connectivity index (χ1) is 7.76. The average molecular weight is 282 g/mol. The third-order valence-corrected chi connectivity index (χ3v) is 3.83. The van der Waals surface area contributed by atoms with Crippen LogP contribution in [-0.4, -0.2) is 13.1 Å². The SMILES string of the molecule is CCCC1CN(CCC)c2ccc(Br)cc21. The molecule has 1 aliphatic heterocycles. The number of anilines is 1. The monoisotopic (exact) mass is 281 g/mol. The van der Waals surface area contributed by atoms with Crippen molar-refractivity contribution in [1.29, 1.82) is 0 Å². The lowest BCUT2D eigenvalue weighted by molar-refractivity contribution is 0.623. The Labute approximate surface area is 107 Å². The van der Waals surface area contributed by atoms with Crippen molar-refractivity contribution in [3.05, 3.63) is 28.2 Å². The molecule has 2 rings (SSSR count). The lowest BCUT2D eigenvalue weighted by atomic mass is 9.97. The van der Waals surface area contributed by atoms with Crippen LogP contribution >= 0.6 is 15.9 Å². The molecular formula is C14H20BrN. The zero-order valence-electron chi connectivity index (χ0n) is 10.2. The quantitative estimate of drug-likeness (QED) is 0.782. The highest BCUT2D eigenvalue weighted by Gasteiger charge is 2.27. The topological polar surface area (TPSA) is 3.24 Å². The summed E-state index contributed by atoms with van der Waals surface area (Å²) in [5.41, 5.74) is 3.01. The summed E-state index contributed by atoms with van der Waals surface area (Å²) in [6, 6.07) is 6.74. The van der Waals surface area contributed by atoms with E-state index < -0.39 is 0 Å². The minimum atomic E-state index is 0.740. The normalized spacial score (nSPS) is 18.9. The van der Waals surface area contributed by atoms with Crippen LogP contribution in [-0.2, 0) is 0 Å². The van der Waals surface area contributed by atoms with Gasteiger partial charge in [0.25, 0.3) is 0 Å². The molecule has 0 amide bonds. The molecule has 16 heavy (non-hydrogen) atoms. The van der Waals surface area contributed by atoms with Crippen molar-refractivity contribution in [2.75, 3.05) is 18.0 Å². The van der Waals surface area contributed by atoms with Gasteiger partial charge in [-0.3, -0.25) is 0 Å². The molecule has 1 aromatic carbocycles. The van der Waals surface area contributed by atoms with Gasteiger partial charge in [0.05, 0.1) is 0 Å². The lowest BCUT2D eigenvalue weighted by Crippen LogP contribution is -2.22. The molecule has 0 bridgehead atoms. The summed E-state index contributed by atoms with van der Waals surface area (Å²) in [6.45, 7) is 6.94. The number of benzene rings is 1. The van der Waals surface area contributed by atoms with Gasteiger partial charge in [-0.05, 0) is 36.6 Å². The van der Waals surface area contributed by atoms with Crippen LogP contribution in [0.5, 0.6) is 0 Å². The minimum absolute atomic E-state index is 0.740. The Kier molecular flexibility index (Phi) is 3.91. The van der Waals surface area contributed by atoms with E-state index in [4.69, 9.17) is 0 Å². The smallest absolute Gasteiger partial charge is 0.0403 e. The summed E-state index contributed by atoms with van der Waals surface area (Å²) < 4.78 is 1.21. The van der Waals surface area contributed by atoms with Gasteiger partial charge in [-0.1, -0.05) is 36.2 Å². The van der Waals surface area contributed by atoms with Crippen molar-refractivity contribution in [2.24, 2.45) is 0 Å². The van der Waals surface area contributed by atoms with Crippen LogP contribution in [0.2, 0.25) is 0 Å². The van der Waals surface area contributed by atoms with Gasteiger partial charge in [-0.25, -0.2) is 0 Å². The van der Waals surface area contributed by atoms with E-state index in [0.29, 0.717) is 0 Å². The molecule has 0 radical (unpaired) electrons. The molecule has 0 aliphatic carbocycles. The van der Waals surface area contributed by atoms with Gasteiger partial charge in [-0.15, -0.1) is 0 Å². The standard InChI is InChI=1S/C14H20BrN/c1-3-5-11-10-16(8-4-2)14-7-6-12(15)9-13(11)14/h6-7,9,11H,3-5,8,10H2,1-2H3. The molecule has 0 aromatic heterocycles. The molecule has 0 N–H and O–H groups in total. The summed E-state index contributed by atoms with van der Waals surface area (Å²) in [6.07, 6.45) is 3.81. The van der Waals surface area contributed by atoms with Gasteiger partial charge in [0, 0.05) is 29.2 Å². The molecule has 1 heterocycles. The van der Waals surface area contributed by atoms with E-state index in [1.54, 1.807) is 5.56 Å². The van der Waals surface area contributed by atoms with E-state index in [2.05, 4.69) is 52.9 Å². The summed E-state index contributed by atoms with van der Waals surface area (Å²) >= 11 is 3.58. The zero-order valence-corrected chi connectivity index (χ0v) is 11.8. The van der Waals surface area contributed by atoms with E-state index >= 15 is 0 Å². The molecule has 1 unspecified atom stereocenters. The van der Waals surface area contributed by atoms with Crippen LogP contribution < -0.4 is 4.90 Å². The predicted molar refractivity (Wildman–Crippen MR) is 74.3 cm³/mol. The second-order valence-corrected chi connectivity index (χ2v) is 5.55. The van der Waals surface area contributed by atoms with Crippen LogP contribution in [0.15, 0.2) is 22.7 Å². The first-order valence-electron chi connectivity index (χ1n) is 6.30. The Hall–Kier alpha value is -0.500. The van der Waals surface area contributed by atoms with Crippen LogP contribution in [0, 0.1) is 0 Å². The van der Waals surface area contributed by atoms with Gasteiger partial charge >= 0.3 is 0 Å². The third-order valence-electron chi connectivity index (χ3n) is 3.34. The van der Waals surface area contributed by atoms with Gasteiger partial charge in [0.1, 0.15) is 0 Å². The maximum atomic E-state index is 3.58. The van der Waals surface area contributed by atoms with Crippen molar-refractivity contribution in [3.8, 4) is 0 Å². The molecule has 1 aromatic rings. The van der Waals surface area contributed by atoms with Gasteiger partial charge in [0.15, 0.2) is 0 Å². The molecule has 1 atom stereocenters. The van der Waals surface area contributed by atoms with Gasteiger partial charge < -0.3 is 4.90 Å². The number of hydrogen-bond donors (Lipinski definition) is 0. The fourth-order valence-corrected chi connectivity index (χ4v) is 3.06. The largest absolute Gasteiger partial charge is 0.371 e. The molecular weight excluding hydrogens is 262 g/mol. The fraction of sp³-hybridized carbons (Fsp3) is 0.571. The van der Waals surface area contributed by atoms with Crippen molar-refractivity contribution in [1.82, 2.24) is 0 Å². The Morgan fingerprint density at radius 2 is 2.12 bits per heavy atom. The summed E-state index contributed by atoms with van der Waals surface area (Å²) in [5.74, 6) is 0.740. The maximum Gasteiger partial charge on any atom is 0.0403 e. The van der Waals surface area contributed by atoms with E-state index in [9.17, 15) is 0 Å². The number of nitrogens with zero attached hydrogens (tertiary/aromatic N) is 1. The Morgan fingerprint density at radius 3 is 2.81 bits per heavy atom. The zero-order chi connectivity index (χ0) is 11.5. The van der Waals surface area contributed by atoms with Crippen LogP contribution in [0.1, 0.15) is 44.6 Å². The molecule has 0 saturated heterocycles. The van der Waals surface area contributed by atoms with Crippen molar-refractivity contribution in [2.45, 2.75) is 39.0 Å². The van der Waals surface area contributed by atoms with E-state index in [1.165, 1.54) is 42.5 Å². The highest BCUT2D eigenvalue weighted by Crippen LogP contribution is 2.40. The Balaban J connectivity index is 2.29. The number of hydrogen-bond acceptors (Lipinski definition) is 1. The van der Waals surface area contributed by atoms with E-state index in [0.717, 1.165) is 5.92 Å². The highest BCUT2D eigenvalue weighted by atomic mass is 79.9. The molecule has 0 saturated carbocycles. The predicted octanol–water partition coefficient (Wildman–Crippen LogP) is 4.56. The number of rotatable bonds is 4. The van der Waals surface area contributed by atoms with Crippen LogP contribution in [0.3, 0.4) is 0 Å². The van der Waals surface area contributed by atoms with E-state index in [1.807, 2.05) is 0 Å². The Bertz CT molecular complexity index is 362. The molecule has 1 nitrogen and oxygen atoms in total. The minimum Gasteiger partial charge on any atom is -0.371 e. The summed E-state index contributed by atoms with van der Waals surface area (Å²) in [4.78, 5) is 2.54. The molecule has 1 aliphatic rings. The van der Waals surface area contributed by atoms with Crippen molar-refractivity contribution in [3.63, 3.8) is 0 Å². The second kappa shape index (κ2) is 5.22. The fourth-order valence-electron chi connectivity index (χ4n) is 2.68. The number of fused-ring (bicyclic) bond motifs is 1. The first kappa shape index (κ1) is 12.0. The Morgan fingerprint density at radius 1 is 1.31 bits per heavy atom. The van der Waals surface area contributed by atoms with Crippen molar-refractivity contribution >= 4 is 21.6 Å². The average Bonchev–Trinajstić information content (AvgIpc) is 2.58. The first-order valence-corrected chi connectivity index (χ1v) is 7.10. The molecule has 0 fully saturated rings. The lowest BCUT2D eigenvalue weighted by Gasteiger charge is -2.18. The summed E-state index contributed by atoms with van der Waals surface area (Å²) in [5, 5.41) is 0. The third kappa shape index (κ3) is 2.27. The second-order valence-electron chi connectivity index (χ2n) is 4.63. The number of halogens is 1. The summed E-state index contributed by atoms with van der Waals surface area (Å²) in [7, 11) is 0. The molecule has 0 spiro atoms. The van der Waals surface area contributed by atoms with Crippen LogP contribution in [0.4, 0.5) is 5.69 Å². The van der Waals surface area contributed by atoms with Crippen molar-refractivity contribution < 1.29 is 0 Å². The maximum absolute atomic E-state index is 3.58. The van der Waals surface area contributed by atoms with Crippen LogP contribution in [0.25, 0.3) is 0 Å². The van der Waals surface area contributed by atoms with E-state index in [-0.39, 0.29) is 0 Å². The molecule has 2 heteroatoms. The highest BCUT2D eigenvalue weighted by molar-refractivity contribution is 9.10. The molecule has 88 valence electrons.